The van der Waals surface area contributed by atoms with E-state index in [2.05, 4.69) is 5.32 Å². The number of aryl methyl sites for hydroxylation is 2. The SMILES string of the molecule is CNCC(O)c1cc(C)c(O)cc1C. The van der Waals surface area contributed by atoms with Gasteiger partial charge in [-0.3, -0.25) is 0 Å². The number of hydrogen-bond donors (Lipinski definition) is 3. The second kappa shape index (κ2) is 4.44. The summed E-state index contributed by atoms with van der Waals surface area (Å²) in [7, 11) is 1.80. The molecule has 0 amide bonds. The molecule has 0 fully saturated rings. The minimum absolute atomic E-state index is 0.280. The summed E-state index contributed by atoms with van der Waals surface area (Å²) in [6.07, 6.45) is -0.515. The molecule has 0 saturated carbocycles. The molecule has 1 rings (SSSR count). The van der Waals surface area contributed by atoms with Gasteiger partial charge in [-0.05, 0) is 49.7 Å². The molecule has 0 saturated heterocycles. The number of nitrogens with one attached hydrogen (secondary N) is 1. The van der Waals surface area contributed by atoms with E-state index in [1.807, 2.05) is 19.9 Å². The molecule has 1 aromatic carbocycles. The van der Waals surface area contributed by atoms with Gasteiger partial charge in [-0.1, -0.05) is 0 Å². The van der Waals surface area contributed by atoms with Gasteiger partial charge < -0.3 is 15.5 Å². The van der Waals surface area contributed by atoms with Gasteiger partial charge in [0.2, 0.25) is 0 Å². The van der Waals surface area contributed by atoms with E-state index in [-0.39, 0.29) is 5.75 Å². The van der Waals surface area contributed by atoms with Crippen molar-refractivity contribution in [3.63, 3.8) is 0 Å². The fourth-order valence-corrected chi connectivity index (χ4v) is 1.49. The summed E-state index contributed by atoms with van der Waals surface area (Å²) in [4.78, 5) is 0. The molecule has 1 atom stereocenters. The van der Waals surface area contributed by atoms with Crippen LogP contribution in [0.2, 0.25) is 0 Å². The van der Waals surface area contributed by atoms with Crippen molar-refractivity contribution < 1.29 is 10.2 Å². The first-order chi connectivity index (χ1) is 6.56. The number of phenolic OH excluding ortho intramolecular Hbond substituents is 1. The minimum atomic E-state index is -0.515. The lowest BCUT2D eigenvalue weighted by Crippen LogP contribution is -2.17. The first kappa shape index (κ1) is 11.0. The normalized spacial score (nSPS) is 12.9. The molecule has 0 aromatic heterocycles. The Morgan fingerprint density at radius 3 is 2.50 bits per heavy atom. The predicted octanol–water partition coefficient (Wildman–Crippen LogP) is 1.26. The van der Waals surface area contributed by atoms with E-state index < -0.39 is 6.10 Å². The highest BCUT2D eigenvalue weighted by Gasteiger charge is 2.11. The van der Waals surface area contributed by atoms with Crippen LogP contribution in [0.5, 0.6) is 5.75 Å². The van der Waals surface area contributed by atoms with Crippen LogP contribution in [-0.2, 0) is 0 Å². The zero-order valence-corrected chi connectivity index (χ0v) is 8.83. The Hall–Kier alpha value is -1.06. The molecule has 1 aromatic rings. The summed E-state index contributed by atoms with van der Waals surface area (Å²) in [5.74, 6) is 0.280. The third-order valence-electron chi connectivity index (χ3n) is 2.34. The van der Waals surface area contributed by atoms with Crippen molar-refractivity contribution in [2.24, 2.45) is 0 Å². The van der Waals surface area contributed by atoms with Crippen molar-refractivity contribution in [2.45, 2.75) is 20.0 Å². The Morgan fingerprint density at radius 1 is 1.29 bits per heavy atom. The van der Waals surface area contributed by atoms with Crippen LogP contribution in [0.15, 0.2) is 12.1 Å². The highest BCUT2D eigenvalue weighted by molar-refractivity contribution is 5.41. The lowest BCUT2D eigenvalue weighted by molar-refractivity contribution is 0.177. The number of aliphatic hydroxyl groups is 1. The average molecular weight is 195 g/mol. The van der Waals surface area contributed by atoms with Gasteiger partial charge in [0.15, 0.2) is 0 Å². The molecule has 0 aliphatic carbocycles. The highest BCUT2D eigenvalue weighted by atomic mass is 16.3. The van der Waals surface area contributed by atoms with Crippen molar-refractivity contribution in [1.29, 1.82) is 0 Å². The average Bonchev–Trinajstić information content (AvgIpc) is 2.11. The van der Waals surface area contributed by atoms with Crippen molar-refractivity contribution in [3.8, 4) is 5.75 Å². The molecule has 3 nitrogen and oxygen atoms in total. The van der Waals surface area contributed by atoms with Crippen molar-refractivity contribution in [1.82, 2.24) is 5.32 Å². The summed E-state index contributed by atoms with van der Waals surface area (Å²) < 4.78 is 0. The fourth-order valence-electron chi connectivity index (χ4n) is 1.49. The van der Waals surface area contributed by atoms with Crippen molar-refractivity contribution >= 4 is 0 Å². The Labute approximate surface area is 84.4 Å². The van der Waals surface area contributed by atoms with Crippen LogP contribution < -0.4 is 5.32 Å². The molecule has 3 N–H and O–H groups in total. The molecular weight excluding hydrogens is 178 g/mol. The number of likely N-dealkylation sites (N-methyl/N-ethyl adjacent to an activating group) is 1. The van der Waals surface area contributed by atoms with E-state index in [0.29, 0.717) is 6.54 Å². The first-order valence-corrected chi connectivity index (χ1v) is 4.69. The molecule has 0 bridgehead atoms. The monoisotopic (exact) mass is 195 g/mol. The molecule has 3 heteroatoms. The second-order valence-corrected chi connectivity index (χ2v) is 3.57. The van der Waals surface area contributed by atoms with Crippen LogP contribution in [0.25, 0.3) is 0 Å². The van der Waals surface area contributed by atoms with E-state index in [9.17, 15) is 10.2 Å². The number of phenols is 1. The number of hydrogen-bond acceptors (Lipinski definition) is 3. The molecule has 0 aliphatic heterocycles. The van der Waals surface area contributed by atoms with Crippen molar-refractivity contribution in [3.05, 3.63) is 28.8 Å². The maximum atomic E-state index is 9.77. The van der Waals surface area contributed by atoms with E-state index in [1.54, 1.807) is 13.1 Å². The summed E-state index contributed by atoms with van der Waals surface area (Å²) in [6, 6.07) is 3.51. The molecular formula is C11H17NO2. The molecule has 78 valence electrons. The van der Waals surface area contributed by atoms with Crippen LogP contribution >= 0.6 is 0 Å². The Balaban J connectivity index is 3.02. The van der Waals surface area contributed by atoms with Crippen molar-refractivity contribution in [2.75, 3.05) is 13.6 Å². The topological polar surface area (TPSA) is 52.5 Å². The Kier molecular flexibility index (Phi) is 3.49. The van der Waals surface area contributed by atoms with Gasteiger partial charge in [0.05, 0.1) is 6.10 Å². The largest absolute Gasteiger partial charge is 0.508 e. The van der Waals surface area contributed by atoms with Crippen LogP contribution in [0.1, 0.15) is 22.8 Å². The van der Waals surface area contributed by atoms with Crippen LogP contribution in [0.3, 0.4) is 0 Å². The standard InChI is InChI=1S/C11H17NO2/c1-7-5-10(13)8(2)4-9(7)11(14)6-12-3/h4-5,11-14H,6H2,1-3H3. The summed E-state index contributed by atoms with van der Waals surface area (Å²) >= 11 is 0. The van der Waals surface area contributed by atoms with E-state index >= 15 is 0 Å². The van der Waals surface area contributed by atoms with Gasteiger partial charge in [-0.15, -0.1) is 0 Å². The third kappa shape index (κ3) is 2.25. The minimum Gasteiger partial charge on any atom is -0.508 e. The maximum Gasteiger partial charge on any atom is 0.118 e. The zero-order valence-electron chi connectivity index (χ0n) is 8.83. The highest BCUT2D eigenvalue weighted by Crippen LogP contribution is 2.25. The van der Waals surface area contributed by atoms with Gasteiger partial charge in [-0.2, -0.15) is 0 Å². The van der Waals surface area contributed by atoms with E-state index in [1.165, 1.54) is 0 Å². The number of benzene rings is 1. The first-order valence-electron chi connectivity index (χ1n) is 4.69. The lowest BCUT2D eigenvalue weighted by Gasteiger charge is -2.14. The zero-order chi connectivity index (χ0) is 10.7. The smallest absolute Gasteiger partial charge is 0.118 e. The summed E-state index contributed by atoms with van der Waals surface area (Å²) in [5, 5.41) is 22.1. The van der Waals surface area contributed by atoms with Crippen LogP contribution in [0.4, 0.5) is 0 Å². The molecule has 1 unspecified atom stereocenters. The van der Waals surface area contributed by atoms with Crippen LogP contribution in [-0.4, -0.2) is 23.8 Å². The molecule has 0 spiro atoms. The quantitative estimate of drug-likeness (QED) is 0.680. The van der Waals surface area contributed by atoms with Gasteiger partial charge in [0.25, 0.3) is 0 Å². The predicted molar refractivity (Wildman–Crippen MR) is 56.5 cm³/mol. The number of rotatable bonds is 3. The third-order valence-corrected chi connectivity index (χ3v) is 2.34. The Bertz CT molecular complexity index is 323. The molecule has 0 heterocycles. The second-order valence-electron chi connectivity index (χ2n) is 3.57. The number of aromatic hydroxyl groups is 1. The Morgan fingerprint density at radius 2 is 1.93 bits per heavy atom. The van der Waals surface area contributed by atoms with E-state index in [0.717, 1.165) is 16.7 Å². The lowest BCUT2D eigenvalue weighted by atomic mass is 10.00. The van der Waals surface area contributed by atoms with Crippen LogP contribution in [0, 0.1) is 13.8 Å². The summed E-state index contributed by atoms with van der Waals surface area (Å²) in [5.41, 5.74) is 2.58. The molecule has 14 heavy (non-hydrogen) atoms. The summed E-state index contributed by atoms with van der Waals surface area (Å²) in [6.45, 7) is 4.22. The van der Waals surface area contributed by atoms with E-state index in [4.69, 9.17) is 0 Å². The van der Waals surface area contributed by atoms with Gasteiger partial charge in [0, 0.05) is 6.54 Å². The molecule has 0 radical (unpaired) electrons. The van der Waals surface area contributed by atoms with Gasteiger partial charge in [-0.25, -0.2) is 0 Å². The maximum absolute atomic E-state index is 9.77. The fraction of sp³-hybridized carbons (Fsp3) is 0.455. The number of aliphatic hydroxyl groups excluding tert-OH is 1. The van der Waals surface area contributed by atoms with Gasteiger partial charge in [0.1, 0.15) is 5.75 Å². The molecule has 0 aliphatic rings. The van der Waals surface area contributed by atoms with Gasteiger partial charge >= 0.3 is 0 Å².